The van der Waals surface area contributed by atoms with Gasteiger partial charge >= 0.3 is 0 Å². The summed E-state index contributed by atoms with van der Waals surface area (Å²) in [6.45, 7) is 2.25. The molecule has 0 bridgehead atoms. The Hall–Kier alpha value is -1.78. The Labute approximate surface area is 112 Å². The van der Waals surface area contributed by atoms with Gasteiger partial charge in [-0.15, -0.1) is 0 Å². The summed E-state index contributed by atoms with van der Waals surface area (Å²) < 4.78 is 1.34. The van der Waals surface area contributed by atoms with Crippen LogP contribution in [0.25, 0.3) is 0 Å². The first kappa shape index (κ1) is 13.6. The average Bonchev–Trinajstić information content (AvgIpc) is 2.34. The van der Waals surface area contributed by atoms with Gasteiger partial charge in [0.05, 0.1) is 0 Å². The largest absolute Gasteiger partial charge is 0.398 e. The van der Waals surface area contributed by atoms with Crippen molar-refractivity contribution in [1.82, 2.24) is 9.88 Å². The molecule has 1 aliphatic rings. The number of pyridine rings is 1. The van der Waals surface area contributed by atoms with Gasteiger partial charge in [-0.2, -0.15) is 0 Å². The lowest BCUT2D eigenvalue weighted by Gasteiger charge is -2.27. The van der Waals surface area contributed by atoms with Crippen molar-refractivity contribution in [2.45, 2.75) is 45.2 Å². The summed E-state index contributed by atoms with van der Waals surface area (Å²) in [6, 6.07) is 3.17. The normalized spacial score (nSPS) is 23.0. The third-order valence-corrected chi connectivity index (χ3v) is 3.62. The minimum absolute atomic E-state index is 0.0365. The van der Waals surface area contributed by atoms with Crippen LogP contribution in [0.4, 0.5) is 5.69 Å². The van der Waals surface area contributed by atoms with Crippen LogP contribution < -0.4 is 16.6 Å². The van der Waals surface area contributed by atoms with E-state index in [0.29, 0.717) is 11.6 Å². The molecule has 0 spiro atoms. The fraction of sp³-hybridized carbons (Fsp3) is 0.571. The van der Waals surface area contributed by atoms with E-state index in [-0.39, 0.29) is 24.1 Å². The van der Waals surface area contributed by atoms with Crippen LogP contribution in [0.15, 0.2) is 23.1 Å². The van der Waals surface area contributed by atoms with Crippen LogP contribution in [0, 0.1) is 5.92 Å². The van der Waals surface area contributed by atoms with Gasteiger partial charge in [-0.1, -0.05) is 19.8 Å². The summed E-state index contributed by atoms with van der Waals surface area (Å²) in [7, 11) is 0. The molecular formula is C14H21N3O2. The lowest BCUT2D eigenvalue weighted by Crippen LogP contribution is -2.40. The van der Waals surface area contributed by atoms with E-state index in [1.54, 1.807) is 6.07 Å². The Balaban J connectivity index is 1.94. The topological polar surface area (TPSA) is 77.1 Å². The van der Waals surface area contributed by atoms with Crippen LogP contribution in [0.5, 0.6) is 0 Å². The first-order valence-corrected chi connectivity index (χ1v) is 6.80. The third-order valence-electron chi connectivity index (χ3n) is 3.62. The third kappa shape index (κ3) is 3.84. The van der Waals surface area contributed by atoms with Crippen molar-refractivity contribution in [1.29, 1.82) is 0 Å². The lowest BCUT2D eigenvalue weighted by atomic mass is 9.87. The molecule has 1 aromatic heterocycles. The fourth-order valence-electron chi connectivity index (χ4n) is 2.67. The SMILES string of the molecule is CC1CCCC(NC(=O)Cn2cc(N)ccc2=O)C1. The maximum absolute atomic E-state index is 11.9. The van der Waals surface area contributed by atoms with Crippen molar-refractivity contribution in [2.75, 3.05) is 5.73 Å². The van der Waals surface area contributed by atoms with E-state index in [9.17, 15) is 9.59 Å². The smallest absolute Gasteiger partial charge is 0.251 e. The predicted molar refractivity (Wildman–Crippen MR) is 74.7 cm³/mol. The molecule has 19 heavy (non-hydrogen) atoms. The summed E-state index contributed by atoms with van der Waals surface area (Å²) in [4.78, 5) is 23.5. The summed E-state index contributed by atoms with van der Waals surface area (Å²) in [6.07, 6.45) is 5.95. The maximum Gasteiger partial charge on any atom is 0.251 e. The van der Waals surface area contributed by atoms with Crippen molar-refractivity contribution in [3.05, 3.63) is 28.7 Å². The average molecular weight is 263 g/mol. The molecule has 1 heterocycles. The van der Waals surface area contributed by atoms with Crippen LogP contribution >= 0.6 is 0 Å². The molecular weight excluding hydrogens is 242 g/mol. The van der Waals surface area contributed by atoms with Crippen molar-refractivity contribution < 1.29 is 4.79 Å². The molecule has 2 unspecified atom stereocenters. The Morgan fingerprint density at radius 1 is 1.47 bits per heavy atom. The van der Waals surface area contributed by atoms with Gasteiger partial charge in [0, 0.05) is 24.0 Å². The number of amides is 1. The molecule has 2 rings (SSSR count). The molecule has 5 heteroatoms. The number of hydrogen-bond acceptors (Lipinski definition) is 3. The van der Waals surface area contributed by atoms with E-state index < -0.39 is 0 Å². The zero-order valence-corrected chi connectivity index (χ0v) is 11.3. The standard InChI is InChI=1S/C14H21N3O2/c1-10-3-2-4-12(7-10)16-13(18)9-17-8-11(15)5-6-14(17)19/h5-6,8,10,12H,2-4,7,9,15H2,1H3,(H,16,18). The number of nitrogens with zero attached hydrogens (tertiary/aromatic N) is 1. The van der Waals surface area contributed by atoms with Crippen molar-refractivity contribution in [2.24, 2.45) is 5.92 Å². The minimum atomic E-state index is -0.207. The van der Waals surface area contributed by atoms with Crippen LogP contribution in [0.2, 0.25) is 0 Å². The molecule has 0 aliphatic heterocycles. The van der Waals surface area contributed by atoms with Gasteiger partial charge in [0.2, 0.25) is 5.91 Å². The number of anilines is 1. The summed E-state index contributed by atoms with van der Waals surface area (Å²) >= 11 is 0. The van der Waals surface area contributed by atoms with Crippen LogP contribution in [-0.2, 0) is 11.3 Å². The number of aromatic nitrogens is 1. The second kappa shape index (κ2) is 5.91. The Bertz CT molecular complexity index is 510. The lowest BCUT2D eigenvalue weighted by molar-refractivity contribution is -0.122. The van der Waals surface area contributed by atoms with Crippen LogP contribution in [-0.4, -0.2) is 16.5 Å². The molecule has 5 nitrogen and oxygen atoms in total. The molecule has 3 N–H and O–H groups in total. The van der Waals surface area contributed by atoms with Gasteiger partial charge in [-0.05, 0) is 24.8 Å². The molecule has 1 fully saturated rings. The molecule has 1 saturated carbocycles. The molecule has 104 valence electrons. The van der Waals surface area contributed by atoms with Crippen molar-refractivity contribution in [3.63, 3.8) is 0 Å². The van der Waals surface area contributed by atoms with Gasteiger partial charge in [-0.25, -0.2) is 0 Å². The number of nitrogens with two attached hydrogens (primary N) is 1. The molecule has 0 aromatic carbocycles. The van der Waals surface area contributed by atoms with E-state index >= 15 is 0 Å². The summed E-state index contributed by atoms with van der Waals surface area (Å²) in [5, 5.41) is 3.00. The molecule has 1 aromatic rings. The van der Waals surface area contributed by atoms with E-state index in [4.69, 9.17) is 5.73 Å². The molecule has 1 amide bonds. The first-order valence-electron chi connectivity index (χ1n) is 6.80. The number of nitrogen functional groups attached to an aromatic ring is 1. The zero-order valence-electron chi connectivity index (χ0n) is 11.3. The maximum atomic E-state index is 11.9. The Morgan fingerprint density at radius 3 is 3.00 bits per heavy atom. The highest BCUT2D eigenvalue weighted by atomic mass is 16.2. The van der Waals surface area contributed by atoms with Gasteiger partial charge in [0.15, 0.2) is 0 Å². The number of nitrogens with one attached hydrogen (secondary N) is 1. The van der Waals surface area contributed by atoms with Gasteiger partial charge in [0.1, 0.15) is 6.54 Å². The molecule has 0 radical (unpaired) electrons. The highest BCUT2D eigenvalue weighted by molar-refractivity contribution is 5.76. The molecule has 2 atom stereocenters. The van der Waals surface area contributed by atoms with Crippen LogP contribution in [0.1, 0.15) is 32.6 Å². The Morgan fingerprint density at radius 2 is 2.26 bits per heavy atom. The van der Waals surface area contributed by atoms with Gasteiger partial charge in [-0.3, -0.25) is 9.59 Å². The van der Waals surface area contributed by atoms with Crippen LogP contribution in [0.3, 0.4) is 0 Å². The van der Waals surface area contributed by atoms with Gasteiger partial charge in [0.25, 0.3) is 5.56 Å². The van der Waals surface area contributed by atoms with E-state index in [0.717, 1.165) is 19.3 Å². The Kier molecular flexibility index (Phi) is 4.24. The number of rotatable bonds is 3. The van der Waals surface area contributed by atoms with Crippen molar-refractivity contribution >= 4 is 11.6 Å². The molecule has 0 saturated heterocycles. The summed E-state index contributed by atoms with van der Waals surface area (Å²) in [5.41, 5.74) is 5.89. The first-order chi connectivity index (χ1) is 9.04. The molecule has 1 aliphatic carbocycles. The van der Waals surface area contributed by atoms with E-state index in [1.165, 1.54) is 23.3 Å². The number of carbonyl (C=O) groups is 1. The summed E-state index contributed by atoms with van der Waals surface area (Å²) in [5.74, 6) is 0.543. The zero-order chi connectivity index (χ0) is 13.8. The highest BCUT2D eigenvalue weighted by Crippen LogP contribution is 2.23. The number of hydrogen-bond donors (Lipinski definition) is 2. The monoisotopic (exact) mass is 263 g/mol. The van der Waals surface area contributed by atoms with E-state index in [2.05, 4.69) is 12.2 Å². The van der Waals surface area contributed by atoms with Crippen molar-refractivity contribution in [3.8, 4) is 0 Å². The fourth-order valence-corrected chi connectivity index (χ4v) is 2.67. The predicted octanol–water partition coefficient (Wildman–Crippen LogP) is 1.13. The number of carbonyl (C=O) groups excluding carboxylic acids is 1. The second-order valence-corrected chi connectivity index (χ2v) is 5.46. The minimum Gasteiger partial charge on any atom is -0.398 e. The second-order valence-electron chi connectivity index (χ2n) is 5.46. The quantitative estimate of drug-likeness (QED) is 0.858. The van der Waals surface area contributed by atoms with E-state index in [1.807, 2.05) is 0 Å². The highest BCUT2D eigenvalue weighted by Gasteiger charge is 2.20. The van der Waals surface area contributed by atoms with Gasteiger partial charge < -0.3 is 15.6 Å².